The van der Waals surface area contributed by atoms with Gasteiger partial charge in [-0.3, -0.25) is 0 Å². The van der Waals surface area contributed by atoms with E-state index in [4.69, 9.17) is 0 Å². The van der Waals surface area contributed by atoms with Crippen LogP contribution in [0.4, 0.5) is 0 Å². The molecule has 0 fully saturated rings. The van der Waals surface area contributed by atoms with E-state index in [1.165, 1.54) is 38.5 Å². The average molecular weight is 216 g/mol. The van der Waals surface area contributed by atoms with Gasteiger partial charge in [0.15, 0.2) is 0 Å². The van der Waals surface area contributed by atoms with Crippen LogP contribution in [0.15, 0.2) is 34.9 Å². The van der Waals surface area contributed by atoms with E-state index in [2.05, 4.69) is 39.0 Å². The maximum atomic E-state index is 2.50. The molecule has 0 spiro atoms. The van der Waals surface area contributed by atoms with Crippen molar-refractivity contribution in [1.29, 1.82) is 0 Å². The minimum atomic E-state index is 0.460. The molecule has 0 aliphatic heterocycles. The topological polar surface area (TPSA) is 0 Å². The SMILES string of the molecule is CC1=C2/C=C\CCCC/C=C\2CC(C)(C)C1. The second kappa shape index (κ2) is 4.61. The lowest BCUT2D eigenvalue weighted by Gasteiger charge is -2.33. The van der Waals surface area contributed by atoms with Gasteiger partial charge in [0.05, 0.1) is 0 Å². The zero-order chi connectivity index (χ0) is 11.6. The third kappa shape index (κ3) is 2.66. The van der Waals surface area contributed by atoms with Crippen LogP contribution in [0.1, 0.15) is 59.3 Å². The van der Waals surface area contributed by atoms with Crippen molar-refractivity contribution in [3.05, 3.63) is 34.9 Å². The summed E-state index contributed by atoms with van der Waals surface area (Å²) >= 11 is 0. The molecule has 0 heterocycles. The summed E-state index contributed by atoms with van der Waals surface area (Å²) in [6.07, 6.45) is 15.0. The second-order valence-electron chi connectivity index (χ2n) is 6.13. The van der Waals surface area contributed by atoms with Gasteiger partial charge in [-0.05, 0) is 62.0 Å². The van der Waals surface area contributed by atoms with E-state index in [0.717, 1.165) is 0 Å². The zero-order valence-electron chi connectivity index (χ0n) is 11.0. The van der Waals surface area contributed by atoms with Crippen LogP contribution in [-0.4, -0.2) is 0 Å². The quantitative estimate of drug-likeness (QED) is 0.523. The van der Waals surface area contributed by atoms with E-state index >= 15 is 0 Å². The Kier molecular flexibility index (Phi) is 3.37. The Balaban J connectivity index is 2.37. The molecule has 0 unspecified atom stereocenters. The van der Waals surface area contributed by atoms with E-state index in [-0.39, 0.29) is 0 Å². The molecule has 0 aromatic heterocycles. The summed E-state index contributed by atoms with van der Waals surface area (Å²) in [6.45, 7) is 7.10. The van der Waals surface area contributed by atoms with Gasteiger partial charge in [0.1, 0.15) is 0 Å². The van der Waals surface area contributed by atoms with E-state index < -0.39 is 0 Å². The molecule has 0 heteroatoms. The highest BCUT2D eigenvalue weighted by Gasteiger charge is 2.27. The molecule has 0 radical (unpaired) electrons. The minimum absolute atomic E-state index is 0.460. The lowest BCUT2D eigenvalue weighted by atomic mass is 9.72. The fraction of sp³-hybridized carbons (Fsp3) is 0.625. The van der Waals surface area contributed by atoms with Crippen molar-refractivity contribution in [2.24, 2.45) is 5.41 Å². The number of rotatable bonds is 0. The molecule has 88 valence electrons. The fourth-order valence-electron chi connectivity index (χ4n) is 3.08. The van der Waals surface area contributed by atoms with Gasteiger partial charge in [-0.15, -0.1) is 0 Å². The molecule has 0 bridgehead atoms. The van der Waals surface area contributed by atoms with Crippen LogP contribution < -0.4 is 0 Å². The van der Waals surface area contributed by atoms with E-state index in [1.807, 2.05) is 0 Å². The molecule has 0 aromatic rings. The van der Waals surface area contributed by atoms with Gasteiger partial charge in [-0.2, -0.15) is 0 Å². The van der Waals surface area contributed by atoms with E-state index in [1.54, 1.807) is 16.7 Å². The van der Waals surface area contributed by atoms with Crippen molar-refractivity contribution in [2.75, 3.05) is 0 Å². The normalized spacial score (nSPS) is 30.6. The average Bonchev–Trinajstić information content (AvgIpc) is 2.27. The Hall–Kier alpha value is -0.780. The molecule has 16 heavy (non-hydrogen) atoms. The molecule has 0 nitrogen and oxygen atoms in total. The monoisotopic (exact) mass is 216 g/mol. The van der Waals surface area contributed by atoms with Crippen molar-refractivity contribution >= 4 is 0 Å². The first-order chi connectivity index (χ1) is 7.58. The highest BCUT2D eigenvalue weighted by Crippen LogP contribution is 2.42. The van der Waals surface area contributed by atoms with Gasteiger partial charge in [0.25, 0.3) is 0 Å². The molecular weight excluding hydrogens is 192 g/mol. The fourth-order valence-corrected chi connectivity index (χ4v) is 3.08. The van der Waals surface area contributed by atoms with Crippen molar-refractivity contribution in [1.82, 2.24) is 0 Å². The van der Waals surface area contributed by atoms with Gasteiger partial charge in [0.2, 0.25) is 0 Å². The van der Waals surface area contributed by atoms with Crippen LogP contribution in [0.25, 0.3) is 0 Å². The van der Waals surface area contributed by atoms with Crippen LogP contribution in [0.5, 0.6) is 0 Å². The summed E-state index contributed by atoms with van der Waals surface area (Å²) in [5.41, 5.74) is 5.19. The summed E-state index contributed by atoms with van der Waals surface area (Å²) in [5, 5.41) is 0. The molecule has 0 atom stereocenters. The van der Waals surface area contributed by atoms with Crippen LogP contribution >= 0.6 is 0 Å². The standard InChI is InChI=1S/C16H24/c1-13-11-16(2,3)12-14-9-7-5-4-6-8-10-15(13)14/h8-10H,4-7,11-12H2,1-3H3/b10-8-,14-9-. The number of fused-ring (bicyclic) bond motifs is 1. The van der Waals surface area contributed by atoms with Crippen LogP contribution in [0.3, 0.4) is 0 Å². The van der Waals surface area contributed by atoms with Crippen LogP contribution in [0.2, 0.25) is 0 Å². The predicted molar refractivity (Wildman–Crippen MR) is 71.4 cm³/mol. The van der Waals surface area contributed by atoms with E-state index in [9.17, 15) is 0 Å². The lowest BCUT2D eigenvalue weighted by Crippen LogP contribution is -2.19. The molecule has 0 saturated heterocycles. The van der Waals surface area contributed by atoms with Crippen LogP contribution in [-0.2, 0) is 0 Å². The van der Waals surface area contributed by atoms with Crippen molar-refractivity contribution in [3.63, 3.8) is 0 Å². The molecule has 2 rings (SSSR count). The Morgan fingerprint density at radius 3 is 2.62 bits per heavy atom. The predicted octanol–water partition coefficient (Wildman–Crippen LogP) is 5.18. The third-order valence-corrected chi connectivity index (χ3v) is 3.72. The molecule has 0 aromatic carbocycles. The third-order valence-electron chi connectivity index (χ3n) is 3.72. The maximum Gasteiger partial charge on any atom is -0.0221 e. The van der Waals surface area contributed by atoms with Gasteiger partial charge >= 0.3 is 0 Å². The summed E-state index contributed by atoms with van der Waals surface area (Å²) in [5.74, 6) is 0. The molecule has 0 saturated carbocycles. The summed E-state index contributed by atoms with van der Waals surface area (Å²) in [7, 11) is 0. The van der Waals surface area contributed by atoms with E-state index in [0.29, 0.717) is 5.41 Å². The van der Waals surface area contributed by atoms with Gasteiger partial charge in [-0.1, -0.05) is 37.6 Å². The summed E-state index contributed by atoms with van der Waals surface area (Å²) in [6, 6.07) is 0. The maximum absolute atomic E-state index is 2.50. The van der Waals surface area contributed by atoms with Crippen molar-refractivity contribution < 1.29 is 0 Å². The highest BCUT2D eigenvalue weighted by atomic mass is 14.3. The second-order valence-corrected chi connectivity index (χ2v) is 6.13. The Morgan fingerprint density at radius 1 is 1.06 bits per heavy atom. The Bertz CT molecular complexity index is 350. The van der Waals surface area contributed by atoms with Crippen molar-refractivity contribution in [3.8, 4) is 0 Å². The molecule has 0 N–H and O–H groups in total. The smallest absolute Gasteiger partial charge is 0.0221 e. The highest BCUT2D eigenvalue weighted by molar-refractivity contribution is 5.46. The number of hydrogen-bond donors (Lipinski definition) is 0. The van der Waals surface area contributed by atoms with Crippen molar-refractivity contribution in [2.45, 2.75) is 59.3 Å². The summed E-state index contributed by atoms with van der Waals surface area (Å²) in [4.78, 5) is 0. The first-order valence-corrected chi connectivity index (χ1v) is 6.64. The van der Waals surface area contributed by atoms with Gasteiger partial charge in [0, 0.05) is 0 Å². The molecular formula is C16H24. The Morgan fingerprint density at radius 2 is 1.81 bits per heavy atom. The lowest BCUT2D eigenvalue weighted by molar-refractivity contribution is 0.348. The largest absolute Gasteiger partial charge is 0.0839 e. The summed E-state index contributed by atoms with van der Waals surface area (Å²) < 4.78 is 0. The molecule has 0 amide bonds. The molecule has 2 aliphatic rings. The minimum Gasteiger partial charge on any atom is -0.0839 e. The van der Waals surface area contributed by atoms with Crippen LogP contribution in [0, 0.1) is 5.41 Å². The van der Waals surface area contributed by atoms with Gasteiger partial charge in [-0.25, -0.2) is 0 Å². The Labute approximate surface area is 100 Å². The first-order valence-electron chi connectivity index (χ1n) is 6.64. The zero-order valence-corrected chi connectivity index (χ0v) is 11.0. The molecule has 2 aliphatic carbocycles. The number of hydrogen-bond acceptors (Lipinski definition) is 0. The van der Waals surface area contributed by atoms with Gasteiger partial charge < -0.3 is 0 Å². The first kappa shape index (κ1) is 11.7. The number of allylic oxidation sites excluding steroid dienone is 6.